The van der Waals surface area contributed by atoms with Crippen LogP contribution in [-0.2, 0) is 6.42 Å². The lowest BCUT2D eigenvalue weighted by molar-refractivity contribution is 0.762. The molecule has 112 valence electrons. The molecule has 3 aromatic rings. The fourth-order valence-electron chi connectivity index (χ4n) is 2.48. The highest BCUT2D eigenvalue weighted by Crippen LogP contribution is 2.22. The van der Waals surface area contributed by atoms with Gasteiger partial charge in [0.1, 0.15) is 12.1 Å². The first-order chi connectivity index (χ1) is 10.8. The summed E-state index contributed by atoms with van der Waals surface area (Å²) < 4.78 is 0. The average Bonchev–Trinajstić information content (AvgIpc) is 2.56. The van der Waals surface area contributed by atoms with E-state index in [1.807, 2.05) is 18.2 Å². The van der Waals surface area contributed by atoms with E-state index in [1.165, 1.54) is 5.56 Å². The smallest absolute Gasteiger partial charge is 0.137 e. The van der Waals surface area contributed by atoms with Gasteiger partial charge >= 0.3 is 0 Å². The molecule has 4 heteroatoms. The zero-order chi connectivity index (χ0) is 15.2. The molecule has 0 unspecified atom stereocenters. The Bertz CT molecular complexity index is 744. The molecule has 0 aliphatic carbocycles. The van der Waals surface area contributed by atoms with Crippen molar-refractivity contribution >= 4 is 28.3 Å². The van der Waals surface area contributed by atoms with Crippen LogP contribution in [0.1, 0.15) is 18.4 Å². The molecule has 22 heavy (non-hydrogen) atoms. The maximum atomic E-state index is 6.06. The lowest BCUT2D eigenvalue weighted by atomic mass is 10.1. The van der Waals surface area contributed by atoms with Crippen molar-refractivity contribution in [3.05, 3.63) is 65.4 Å². The minimum atomic E-state index is 0.703. The van der Waals surface area contributed by atoms with E-state index in [4.69, 9.17) is 11.6 Å². The van der Waals surface area contributed by atoms with E-state index in [1.54, 1.807) is 6.33 Å². The quantitative estimate of drug-likeness (QED) is 0.669. The second-order valence-electron chi connectivity index (χ2n) is 5.25. The standard InChI is InChI=1S/C18H18ClN3/c19-15-9-10-17-16(12-15)18(22-13-21-17)20-11-5-4-8-14-6-2-1-3-7-14/h1-3,6-7,9-10,12-13H,4-5,8,11H2,(H,20,21,22). The van der Waals surface area contributed by atoms with Gasteiger partial charge in [0, 0.05) is 17.0 Å². The maximum absolute atomic E-state index is 6.06. The number of hydrogen-bond donors (Lipinski definition) is 1. The first-order valence-electron chi connectivity index (χ1n) is 7.51. The number of benzene rings is 2. The Labute approximate surface area is 135 Å². The first-order valence-corrected chi connectivity index (χ1v) is 7.89. The van der Waals surface area contributed by atoms with E-state index >= 15 is 0 Å². The summed E-state index contributed by atoms with van der Waals surface area (Å²) in [5.41, 5.74) is 2.30. The predicted molar refractivity (Wildman–Crippen MR) is 92.4 cm³/mol. The summed E-state index contributed by atoms with van der Waals surface area (Å²) in [6.07, 6.45) is 4.95. The number of halogens is 1. The number of unbranched alkanes of at least 4 members (excludes halogenated alkanes) is 1. The van der Waals surface area contributed by atoms with Crippen LogP contribution in [-0.4, -0.2) is 16.5 Å². The molecule has 0 radical (unpaired) electrons. The third kappa shape index (κ3) is 3.74. The molecular formula is C18H18ClN3. The van der Waals surface area contributed by atoms with Crippen molar-refractivity contribution in [2.45, 2.75) is 19.3 Å². The molecule has 1 heterocycles. The van der Waals surface area contributed by atoms with Crippen molar-refractivity contribution in [2.75, 3.05) is 11.9 Å². The van der Waals surface area contributed by atoms with Crippen LogP contribution in [0.2, 0.25) is 5.02 Å². The summed E-state index contributed by atoms with van der Waals surface area (Å²) in [5.74, 6) is 0.854. The third-order valence-electron chi connectivity index (χ3n) is 3.62. The van der Waals surface area contributed by atoms with E-state index in [0.29, 0.717) is 5.02 Å². The number of anilines is 1. The number of fused-ring (bicyclic) bond motifs is 1. The van der Waals surface area contributed by atoms with Crippen LogP contribution in [0.3, 0.4) is 0 Å². The molecule has 0 spiro atoms. The van der Waals surface area contributed by atoms with Gasteiger partial charge in [-0.2, -0.15) is 0 Å². The molecule has 0 saturated heterocycles. The van der Waals surface area contributed by atoms with Crippen LogP contribution in [0.5, 0.6) is 0 Å². The molecule has 3 nitrogen and oxygen atoms in total. The van der Waals surface area contributed by atoms with Crippen LogP contribution < -0.4 is 5.32 Å². The lowest BCUT2D eigenvalue weighted by Crippen LogP contribution is -2.04. The first kappa shape index (κ1) is 14.8. The molecular weight excluding hydrogens is 294 g/mol. The van der Waals surface area contributed by atoms with Gasteiger partial charge < -0.3 is 5.32 Å². The lowest BCUT2D eigenvalue weighted by Gasteiger charge is -2.08. The SMILES string of the molecule is Clc1ccc2ncnc(NCCCCc3ccccc3)c2c1. The largest absolute Gasteiger partial charge is 0.369 e. The molecule has 0 fully saturated rings. The third-order valence-corrected chi connectivity index (χ3v) is 3.86. The summed E-state index contributed by atoms with van der Waals surface area (Å²) in [6, 6.07) is 16.2. The van der Waals surface area contributed by atoms with Gasteiger partial charge in [-0.1, -0.05) is 41.9 Å². The van der Waals surface area contributed by atoms with Gasteiger partial charge in [0.25, 0.3) is 0 Å². The monoisotopic (exact) mass is 311 g/mol. The molecule has 0 aliphatic rings. The molecule has 0 saturated carbocycles. The van der Waals surface area contributed by atoms with Gasteiger partial charge in [0.2, 0.25) is 0 Å². The molecule has 1 N–H and O–H groups in total. The Morgan fingerprint density at radius 3 is 2.68 bits per heavy atom. The van der Waals surface area contributed by atoms with Gasteiger partial charge in [-0.05, 0) is 43.0 Å². The highest BCUT2D eigenvalue weighted by Gasteiger charge is 2.03. The molecule has 0 atom stereocenters. The van der Waals surface area contributed by atoms with E-state index < -0.39 is 0 Å². The van der Waals surface area contributed by atoms with E-state index in [0.717, 1.165) is 42.5 Å². The van der Waals surface area contributed by atoms with Gasteiger partial charge in [-0.25, -0.2) is 9.97 Å². The summed E-state index contributed by atoms with van der Waals surface area (Å²) in [6.45, 7) is 0.894. The number of rotatable bonds is 6. The van der Waals surface area contributed by atoms with E-state index in [2.05, 4.69) is 45.6 Å². The Balaban J connectivity index is 1.55. The fourth-order valence-corrected chi connectivity index (χ4v) is 2.65. The molecule has 1 aromatic heterocycles. The van der Waals surface area contributed by atoms with Crippen LogP contribution in [0.25, 0.3) is 10.9 Å². The van der Waals surface area contributed by atoms with E-state index in [9.17, 15) is 0 Å². The molecule has 2 aromatic carbocycles. The van der Waals surface area contributed by atoms with Crippen molar-refractivity contribution in [1.82, 2.24) is 9.97 Å². The number of aromatic nitrogens is 2. The minimum absolute atomic E-state index is 0.703. The van der Waals surface area contributed by atoms with Crippen LogP contribution in [0, 0.1) is 0 Å². The summed E-state index contributed by atoms with van der Waals surface area (Å²) in [7, 11) is 0. The Morgan fingerprint density at radius 1 is 0.955 bits per heavy atom. The maximum Gasteiger partial charge on any atom is 0.137 e. The Hall–Kier alpha value is -2.13. The van der Waals surface area contributed by atoms with Gasteiger partial charge in [-0.15, -0.1) is 0 Å². The van der Waals surface area contributed by atoms with Crippen molar-refractivity contribution < 1.29 is 0 Å². The predicted octanol–water partition coefficient (Wildman–Crippen LogP) is 4.72. The summed E-state index contributed by atoms with van der Waals surface area (Å²) in [5, 5.41) is 5.06. The van der Waals surface area contributed by atoms with Crippen LogP contribution >= 0.6 is 11.6 Å². The Kier molecular flexibility index (Phi) is 4.86. The highest BCUT2D eigenvalue weighted by molar-refractivity contribution is 6.31. The second kappa shape index (κ2) is 7.23. The highest BCUT2D eigenvalue weighted by atomic mass is 35.5. The molecule has 0 aliphatic heterocycles. The Morgan fingerprint density at radius 2 is 1.82 bits per heavy atom. The number of hydrogen-bond acceptors (Lipinski definition) is 3. The summed E-state index contributed by atoms with van der Waals surface area (Å²) >= 11 is 6.06. The number of aryl methyl sites for hydroxylation is 1. The van der Waals surface area contributed by atoms with Gasteiger partial charge in [-0.3, -0.25) is 0 Å². The van der Waals surface area contributed by atoms with Crippen molar-refractivity contribution in [2.24, 2.45) is 0 Å². The summed E-state index contributed by atoms with van der Waals surface area (Å²) in [4.78, 5) is 8.58. The molecule has 0 amide bonds. The molecule has 3 rings (SSSR count). The fraction of sp³-hybridized carbons (Fsp3) is 0.222. The zero-order valence-electron chi connectivity index (χ0n) is 12.3. The minimum Gasteiger partial charge on any atom is -0.369 e. The van der Waals surface area contributed by atoms with Crippen molar-refractivity contribution in [3.63, 3.8) is 0 Å². The van der Waals surface area contributed by atoms with Crippen molar-refractivity contribution in [1.29, 1.82) is 0 Å². The number of nitrogens with one attached hydrogen (secondary N) is 1. The second-order valence-corrected chi connectivity index (χ2v) is 5.69. The van der Waals surface area contributed by atoms with Gasteiger partial charge in [0.05, 0.1) is 5.52 Å². The number of nitrogens with zero attached hydrogens (tertiary/aromatic N) is 2. The topological polar surface area (TPSA) is 37.8 Å². The van der Waals surface area contributed by atoms with Crippen LogP contribution in [0.4, 0.5) is 5.82 Å². The van der Waals surface area contributed by atoms with Crippen molar-refractivity contribution in [3.8, 4) is 0 Å². The van der Waals surface area contributed by atoms with Gasteiger partial charge in [0.15, 0.2) is 0 Å². The van der Waals surface area contributed by atoms with Crippen LogP contribution in [0.15, 0.2) is 54.9 Å². The normalized spacial score (nSPS) is 10.8. The molecule has 0 bridgehead atoms. The zero-order valence-corrected chi connectivity index (χ0v) is 13.1. The van der Waals surface area contributed by atoms with E-state index in [-0.39, 0.29) is 0 Å². The average molecular weight is 312 g/mol.